The second-order valence-corrected chi connectivity index (χ2v) is 9.44. The first-order valence-corrected chi connectivity index (χ1v) is 13.6. The number of imidazole rings is 1. The number of ether oxygens (including phenoxy) is 5. The van der Waals surface area contributed by atoms with Crippen molar-refractivity contribution in [2.45, 2.75) is 13.1 Å². The van der Waals surface area contributed by atoms with E-state index in [0.717, 1.165) is 52.8 Å². The van der Waals surface area contributed by atoms with Gasteiger partial charge < -0.3 is 33.6 Å². The molecule has 0 unspecified atom stereocenters. The molecule has 41 heavy (non-hydrogen) atoms. The van der Waals surface area contributed by atoms with Gasteiger partial charge in [0.15, 0.2) is 0 Å². The van der Waals surface area contributed by atoms with Crippen molar-refractivity contribution in [2.24, 2.45) is 0 Å². The van der Waals surface area contributed by atoms with E-state index in [2.05, 4.69) is 57.3 Å². The minimum atomic E-state index is 0.455. The van der Waals surface area contributed by atoms with Gasteiger partial charge >= 0.3 is 0 Å². The smallest absolute Gasteiger partial charge is 0.123 e. The summed E-state index contributed by atoms with van der Waals surface area (Å²) in [5.74, 6) is 3.16. The third-order valence-electron chi connectivity index (χ3n) is 6.60. The second-order valence-electron chi connectivity index (χ2n) is 9.44. The number of aromatic nitrogens is 2. The zero-order chi connectivity index (χ0) is 28.3. The van der Waals surface area contributed by atoms with Crippen molar-refractivity contribution in [3.8, 4) is 23.0 Å². The molecule has 5 rings (SSSR count). The lowest BCUT2D eigenvalue weighted by Gasteiger charge is -2.26. The van der Waals surface area contributed by atoms with E-state index in [1.807, 2.05) is 48.5 Å². The molecule has 0 atom stereocenters. The molecular weight excluding hydrogens is 518 g/mol. The van der Waals surface area contributed by atoms with Crippen LogP contribution in [0.1, 0.15) is 11.1 Å². The van der Waals surface area contributed by atoms with Crippen LogP contribution < -0.4 is 23.8 Å². The topological polar surface area (TPSA) is 78.1 Å². The molecule has 0 radical (unpaired) electrons. The van der Waals surface area contributed by atoms with E-state index >= 15 is 0 Å². The van der Waals surface area contributed by atoms with Gasteiger partial charge in [0.1, 0.15) is 36.2 Å². The number of hydrogen-bond donors (Lipinski definition) is 1. The predicted molar refractivity (Wildman–Crippen MR) is 160 cm³/mol. The fraction of sp³-hybridized carbons (Fsp3) is 0.242. The minimum absolute atomic E-state index is 0.455. The highest BCUT2D eigenvalue weighted by Crippen LogP contribution is 2.25. The maximum absolute atomic E-state index is 5.91. The van der Waals surface area contributed by atoms with Gasteiger partial charge in [0.2, 0.25) is 0 Å². The Morgan fingerprint density at radius 3 is 2.05 bits per heavy atom. The van der Waals surface area contributed by atoms with E-state index in [4.69, 9.17) is 23.7 Å². The minimum Gasteiger partial charge on any atom is -0.497 e. The molecule has 1 aromatic heterocycles. The van der Waals surface area contributed by atoms with Gasteiger partial charge in [-0.3, -0.25) is 0 Å². The Kier molecular flexibility index (Phi) is 9.58. The van der Waals surface area contributed by atoms with Gasteiger partial charge in [0, 0.05) is 24.8 Å². The SMILES string of the molecule is COc1cccc(CN(Cc2ccc3nc[nH]c3c2)c2ccc(OCCOCCOc3cccc(OC)c3)cc2)c1. The number of H-pyrrole nitrogens is 1. The van der Waals surface area contributed by atoms with Crippen molar-refractivity contribution < 1.29 is 23.7 Å². The first-order chi connectivity index (χ1) is 20.2. The molecule has 0 fully saturated rings. The first kappa shape index (κ1) is 27.9. The number of hydrogen-bond acceptors (Lipinski definition) is 7. The van der Waals surface area contributed by atoms with Crippen molar-refractivity contribution in [1.82, 2.24) is 9.97 Å². The molecule has 8 nitrogen and oxygen atoms in total. The summed E-state index contributed by atoms with van der Waals surface area (Å²) in [5.41, 5.74) is 5.44. The van der Waals surface area contributed by atoms with Crippen molar-refractivity contribution in [2.75, 3.05) is 45.5 Å². The lowest BCUT2D eigenvalue weighted by atomic mass is 10.1. The van der Waals surface area contributed by atoms with Gasteiger partial charge in [0.25, 0.3) is 0 Å². The van der Waals surface area contributed by atoms with Crippen LogP contribution in [0.4, 0.5) is 5.69 Å². The monoisotopic (exact) mass is 553 g/mol. The fourth-order valence-electron chi connectivity index (χ4n) is 4.51. The van der Waals surface area contributed by atoms with Crippen molar-refractivity contribution in [1.29, 1.82) is 0 Å². The van der Waals surface area contributed by atoms with Gasteiger partial charge in [-0.2, -0.15) is 0 Å². The lowest BCUT2D eigenvalue weighted by Crippen LogP contribution is -2.22. The van der Waals surface area contributed by atoms with Gasteiger partial charge in [-0.25, -0.2) is 4.98 Å². The van der Waals surface area contributed by atoms with E-state index in [9.17, 15) is 0 Å². The number of aromatic amines is 1. The highest BCUT2D eigenvalue weighted by Gasteiger charge is 2.11. The quantitative estimate of drug-likeness (QED) is 0.153. The van der Waals surface area contributed by atoms with Gasteiger partial charge in [-0.05, 0) is 71.8 Å². The van der Waals surface area contributed by atoms with E-state index in [-0.39, 0.29) is 0 Å². The molecule has 0 saturated carbocycles. The van der Waals surface area contributed by atoms with Crippen LogP contribution in [0.5, 0.6) is 23.0 Å². The Morgan fingerprint density at radius 1 is 0.634 bits per heavy atom. The van der Waals surface area contributed by atoms with E-state index in [0.29, 0.717) is 26.4 Å². The Bertz CT molecular complexity index is 1520. The molecule has 1 heterocycles. The van der Waals surface area contributed by atoms with Crippen LogP contribution in [0.25, 0.3) is 11.0 Å². The van der Waals surface area contributed by atoms with Crippen LogP contribution in [0.2, 0.25) is 0 Å². The zero-order valence-electron chi connectivity index (χ0n) is 23.4. The number of fused-ring (bicyclic) bond motifs is 1. The largest absolute Gasteiger partial charge is 0.497 e. The molecule has 0 aliphatic rings. The van der Waals surface area contributed by atoms with Crippen LogP contribution in [0.3, 0.4) is 0 Å². The average Bonchev–Trinajstić information content (AvgIpc) is 3.49. The van der Waals surface area contributed by atoms with Gasteiger partial charge in [-0.15, -0.1) is 0 Å². The molecule has 0 bridgehead atoms. The number of methoxy groups -OCH3 is 2. The highest BCUT2D eigenvalue weighted by atomic mass is 16.5. The van der Waals surface area contributed by atoms with Crippen molar-refractivity contribution in [3.05, 3.63) is 108 Å². The molecule has 1 N–H and O–H groups in total. The van der Waals surface area contributed by atoms with Crippen LogP contribution in [-0.2, 0) is 17.8 Å². The number of rotatable bonds is 15. The molecule has 8 heteroatoms. The number of nitrogens with zero attached hydrogens (tertiary/aromatic N) is 2. The normalized spacial score (nSPS) is 10.9. The molecule has 0 amide bonds. The number of benzene rings is 4. The van der Waals surface area contributed by atoms with E-state index in [1.54, 1.807) is 20.5 Å². The number of nitrogens with one attached hydrogen (secondary N) is 1. The summed E-state index contributed by atoms with van der Waals surface area (Å²) < 4.78 is 27.9. The van der Waals surface area contributed by atoms with Gasteiger partial charge in [-0.1, -0.05) is 24.3 Å². The third-order valence-corrected chi connectivity index (χ3v) is 6.60. The molecule has 0 spiro atoms. The standard InChI is InChI=1S/C33H35N3O5/c1-37-29-6-3-5-25(19-29)22-36(23-26-9-14-32-33(20-26)35-24-34-32)27-10-12-28(13-11-27)40-17-15-39-16-18-41-31-8-4-7-30(21-31)38-2/h3-14,19-21,24H,15-18,22-23H2,1-2H3,(H,34,35). The molecule has 0 aliphatic heterocycles. The van der Waals surface area contributed by atoms with E-state index < -0.39 is 0 Å². The summed E-state index contributed by atoms with van der Waals surface area (Å²) in [6.07, 6.45) is 1.72. The van der Waals surface area contributed by atoms with Crippen LogP contribution in [-0.4, -0.2) is 50.6 Å². The molecule has 4 aromatic carbocycles. The Balaban J connectivity index is 1.15. The fourth-order valence-corrected chi connectivity index (χ4v) is 4.51. The summed E-state index contributed by atoms with van der Waals surface area (Å²) >= 11 is 0. The van der Waals surface area contributed by atoms with Gasteiger partial charge in [0.05, 0.1) is 44.8 Å². The van der Waals surface area contributed by atoms with Crippen LogP contribution in [0.15, 0.2) is 97.3 Å². The Morgan fingerprint density at radius 2 is 1.29 bits per heavy atom. The predicted octanol–water partition coefficient (Wildman–Crippen LogP) is 6.26. The van der Waals surface area contributed by atoms with Crippen LogP contribution >= 0.6 is 0 Å². The lowest BCUT2D eigenvalue weighted by molar-refractivity contribution is 0.0764. The summed E-state index contributed by atoms with van der Waals surface area (Å²) in [6.45, 7) is 3.32. The Labute approximate surface area is 240 Å². The maximum Gasteiger partial charge on any atom is 0.123 e. The molecule has 212 valence electrons. The summed E-state index contributed by atoms with van der Waals surface area (Å²) in [4.78, 5) is 9.88. The Hall–Kier alpha value is -4.69. The van der Waals surface area contributed by atoms with Crippen molar-refractivity contribution in [3.63, 3.8) is 0 Å². The summed E-state index contributed by atoms with van der Waals surface area (Å²) in [5, 5.41) is 0. The molecule has 5 aromatic rings. The first-order valence-electron chi connectivity index (χ1n) is 13.6. The summed E-state index contributed by atoms with van der Waals surface area (Å²) in [6, 6.07) is 30.2. The third kappa shape index (κ3) is 7.93. The van der Waals surface area contributed by atoms with E-state index in [1.165, 1.54) is 11.1 Å². The van der Waals surface area contributed by atoms with Crippen molar-refractivity contribution >= 4 is 16.7 Å². The average molecular weight is 554 g/mol. The molecule has 0 saturated heterocycles. The summed E-state index contributed by atoms with van der Waals surface area (Å²) in [7, 11) is 3.33. The molecular formula is C33H35N3O5. The zero-order valence-corrected chi connectivity index (χ0v) is 23.4. The maximum atomic E-state index is 5.91. The number of anilines is 1. The molecule has 0 aliphatic carbocycles. The van der Waals surface area contributed by atoms with Crippen LogP contribution in [0, 0.1) is 0 Å². The second kappa shape index (κ2) is 14.1. The highest BCUT2D eigenvalue weighted by molar-refractivity contribution is 5.75.